The quantitative estimate of drug-likeness (QED) is 0.874. The molecule has 4 heteroatoms. The second-order valence-electron chi connectivity index (χ2n) is 4.59. The van der Waals surface area contributed by atoms with Gasteiger partial charge in [-0.2, -0.15) is 0 Å². The zero-order valence-electron chi connectivity index (χ0n) is 10.5. The maximum absolute atomic E-state index is 13.4. The molecule has 100 valence electrons. The summed E-state index contributed by atoms with van der Waals surface area (Å²) in [6.07, 6.45) is 0.516. The molecule has 0 saturated carbocycles. The highest BCUT2D eigenvalue weighted by molar-refractivity contribution is 6.42. The van der Waals surface area contributed by atoms with E-state index in [1.807, 2.05) is 25.1 Å². The Bertz CT molecular complexity index is 578. The van der Waals surface area contributed by atoms with Crippen LogP contribution < -0.4 is 5.73 Å². The summed E-state index contributed by atoms with van der Waals surface area (Å²) in [5, 5.41) is 1.01. The van der Waals surface area contributed by atoms with E-state index < -0.39 is 0 Å². The summed E-state index contributed by atoms with van der Waals surface area (Å²) in [4.78, 5) is 0. The van der Waals surface area contributed by atoms with Crippen LogP contribution in [0.4, 0.5) is 4.39 Å². The van der Waals surface area contributed by atoms with Gasteiger partial charge in [-0.1, -0.05) is 41.4 Å². The van der Waals surface area contributed by atoms with Gasteiger partial charge in [-0.3, -0.25) is 0 Å². The van der Waals surface area contributed by atoms with E-state index in [4.69, 9.17) is 28.9 Å². The number of hydrogen-bond acceptors (Lipinski definition) is 1. The van der Waals surface area contributed by atoms with Crippen LogP contribution >= 0.6 is 23.2 Å². The Balaban J connectivity index is 2.25. The maximum Gasteiger partial charge on any atom is 0.123 e. The molecule has 0 radical (unpaired) electrons. The van der Waals surface area contributed by atoms with Crippen molar-refractivity contribution in [3.05, 3.63) is 69.0 Å². The molecule has 0 aliphatic heterocycles. The topological polar surface area (TPSA) is 26.0 Å². The average Bonchev–Trinajstić information content (AvgIpc) is 2.33. The Morgan fingerprint density at radius 3 is 2.63 bits per heavy atom. The summed E-state index contributed by atoms with van der Waals surface area (Å²) in [5.41, 5.74) is 8.59. The number of aryl methyl sites for hydroxylation is 1. The van der Waals surface area contributed by atoms with Crippen molar-refractivity contribution in [2.45, 2.75) is 19.4 Å². The smallest absolute Gasteiger partial charge is 0.123 e. The third kappa shape index (κ3) is 3.47. The van der Waals surface area contributed by atoms with Crippen molar-refractivity contribution in [2.75, 3.05) is 0 Å². The lowest BCUT2D eigenvalue weighted by Gasteiger charge is -2.14. The second-order valence-corrected chi connectivity index (χ2v) is 5.37. The van der Waals surface area contributed by atoms with Crippen LogP contribution in [0.2, 0.25) is 10.0 Å². The highest BCUT2D eigenvalue weighted by Crippen LogP contribution is 2.28. The summed E-state index contributed by atoms with van der Waals surface area (Å²) in [5.74, 6) is -0.275. The predicted molar refractivity (Wildman–Crippen MR) is 78.2 cm³/mol. The summed E-state index contributed by atoms with van der Waals surface area (Å²) in [6.45, 7) is 1.84. The minimum atomic E-state index is -0.314. The molecule has 19 heavy (non-hydrogen) atoms. The zero-order valence-corrected chi connectivity index (χ0v) is 12.0. The normalized spacial score (nSPS) is 12.5. The van der Waals surface area contributed by atoms with Crippen molar-refractivity contribution < 1.29 is 4.39 Å². The van der Waals surface area contributed by atoms with Gasteiger partial charge in [-0.05, 0) is 48.2 Å². The minimum Gasteiger partial charge on any atom is -0.324 e. The van der Waals surface area contributed by atoms with Crippen LogP contribution in [0.1, 0.15) is 22.7 Å². The van der Waals surface area contributed by atoms with Gasteiger partial charge in [0.2, 0.25) is 0 Å². The summed E-state index contributed by atoms with van der Waals surface area (Å²) in [7, 11) is 0. The van der Waals surface area contributed by atoms with E-state index in [9.17, 15) is 4.39 Å². The van der Waals surface area contributed by atoms with E-state index in [1.54, 1.807) is 6.07 Å². The summed E-state index contributed by atoms with van der Waals surface area (Å²) in [6, 6.07) is 9.93. The molecule has 0 fully saturated rings. The number of nitrogens with two attached hydrogens (primary N) is 1. The molecular weight excluding hydrogens is 284 g/mol. The van der Waals surface area contributed by atoms with Crippen LogP contribution in [0.3, 0.4) is 0 Å². The van der Waals surface area contributed by atoms with Gasteiger partial charge in [-0.25, -0.2) is 4.39 Å². The minimum absolute atomic E-state index is 0.275. The van der Waals surface area contributed by atoms with Gasteiger partial charge in [0.05, 0.1) is 10.0 Å². The molecule has 2 rings (SSSR count). The Kier molecular flexibility index (Phi) is 4.46. The first kappa shape index (κ1) is 14.3. The summed E-state index contributed by atoms with van der Waals surface area (Å²) < 4.78 is 13.4. The van der Waals surface area contributed by atoms with Crippen LogP contribution in [0.25, 0.3) is 0 Å². The van der Waals surface area contributed by atoms with E-state index in [-0.39, 0.29) is 11.9 Å². The molecule has 2 N–H and O–H groups in total. The molecular formula is C15H14Cl2FN. The molecule has 0 aliphatic carbocycles. The van der Waals surface area contributed by atoms with E-state index in [0.717, 1.165) is 16.7 Å². The fourth-order valence-electron chi connectivity index (χ4n) is 2.04. The van der Waals surface area contributed by atoms with Gasteiger partial charge in [0.25, 0.3) is 0 Å². The lowest BCUT2D eigenvalue weighted by molar-refractivity contribution is 0.617. The molecule has 0 heterocycles. The van der Waals surface area contributed by atoms with Gasteiger partial charge in [0.15, 0.2) is 0 Å². The van der Waals surface area contributed by atoms with Gasteiger partial charge in [0.1, 0.15) is 5.82 Å². The van der Waals surface area contributed by atoms with E-state index >= 15 is 0 Å². The average molecular weight is 298 g/mol. The number of benzene rings is 2. The van der Waals surface area contributed by atoms with Gasteiger partial charge in [0, 0.05) is 6.04 Å². The molecule has 1 unspecified atom stereocenters. The van der Waals surface area contributed by atoms with E-state index in [0.29, 0.717) is 16.5 Å². The fraction of sp³-hybridized carbons (Fsp3) is 0.200. The third-order valence-corrected chi connectivity index (χ3v) is 3.82. The molecule has 2 aromatic rings. The summed E-state index contributed by atoms with van der Waals surface area (Å²) >= 11 is 12.1. The van der Waals surface area contributed by atoms with Crippen LogP contribution in [0, 0.1) is 12.7 Å². The molecule has 0 aliphatic rings. The Labute approximate surface area is 122 Å². The first-order valence-electron chi connectivity index (χ1n) is 5.93. The molecule has 1 atom stereocenters. The lowest BCUT2D eigenvalue weighted by Crippen LogP contribution is -2.14. The molecule has 0 saturated heterocycles. The monoisotopic (exact) mass is 297 g/mol. The van der Waals surface area contributed by atoms with Crippen LogP contribution in [0.15, 0.2) is 36.4 Å². The Morgan fingerprint density at radius 1 is 1.21 bits per heavy atom. The van der Waals surface area contributed by atoms with Crippen molar-refractivity contribution >= 4 is 23.2 Å². The van der Waals surface area contributed by atoms with Gasteiger partial charge in [-0.15, -0.1) is 0 Å². The van der Waals surface area contributed by atoms with Crippen LogP contribution in [-0.2, 0) is 6.42 Å². The Morgan fingerprint density at radius 2 is 1.95 bits per heavy atom. The standard InChI is InChI=1S/C15H14Cl2FN/c1-9-5-11(7-12(18)6-9)14(19)8-10-3-2-4-13(16)15(10)17/h2-7,14H,8,19H2,1H3. The number of rotatable bonds is 3. The van der Waals surface area contributed by atoms with Gasteiger partial charge >= 0.3 is 0 Å². The molecule has 0 amide bonds. The van der Waals surface area contributed by atoms with Crippen LogP contribution in [0.5, 0.6) is 0 Å². The van der Waals surface area contributed by atoms with Crippen molar-refractivity contribution in [1.29, 1.82) is 0 Å². The predicted octanol–water partition coefficient (Wildman–Crippen LogP) is 4.68. The largest absolute Gasteiger partial charge is 0.324 e. The SMILES string of the molecule is Cc1cc(F)cc(C(N)Cc2cccc(Cl)c2Cl)c1. The van der Waals surface area contributed by atoms with E-state index in [1.165, 1.54) is 12.1 Å². The zero-order chi connectivity index (χ0) is 14.0. The number of halogens is 3. The van der Waals surface area contributed by atoms with Crippen molar-refractivity contribution in [2.24, 2.45) is 5.73 Å². The third-order valence-electron chi connectivity index (χ3n) is 2.96. The lowest BCUT2D eigenvalue weighted by atomic mass is 9.98. The Hall–Kier alpha value is -1.09. The fourth-order valence-corrected chi connectivity index (χ4v) is 2.44. The molecule has 2 aromatic carbocycles. The van der Waals surface area contributed by atoms with Crippen LogP contribution in [-0.4, -0.2) is 0 Å². The number of hydrogen-bond donors (Lipinski definition) is 1. The second kappa shape index (κ2) is 5.91. The van der Waals surface area contributed by atoms with Crippen molar-refractivity contribution in [3.63, 3.8) is 0 Å². The maximum atomic E-state index is 13.4. The van der Waals surface area contributed by atoms with Crippen molar-refractivity contribution in [1.82, 2.24) is 0 Å². The highest BCUT2D eigenvalue weighted by Gasteiger charge is 2.12. The van der Waals surface area contributed by atoms with Gasteiger partial charge < -0.3 is 5.73 Å². The van der Waals surface area contributed by atoms with Crippen molar-refractivity contribution in [3.8, 4) is 0 Å². The first-order valence-corrected chi connectivity index (χ1v) is 6.68. The van der Waals surface area contributed by atoms with E-state index in [2.05, 4.69) is 0 Å². The molecule has 0 bridgehead atoms. The molecule has 1 nitrogen and oxygen atoms in total. The first-order chi connectivity index (χ1) is 8.97. The highest BCUT2D eigenvalue weighted by atomic mass is 35.5. The molecule has 0 aromatic heterocycles. The molecule has 0 spiro atoms.